The van der Waals surface area contributed by atoms with Crippen molar-refractivity contribution in [1.29, 1.82) is 0 Å². The average molecular weight is 361 g/mol. The maximum atomic E-state index is 11.9. The van der Waals surface area contributed by atoms with Crippen LogP contribution in [-0.2, 0) is 11.2 Å². The van der Waals surface area contributed by atoms with Crippen LogP contribution in [0.5, 0.6) is 11.5 Å². The zero-order valence-corrected chi connectivity index (χ0v) is 15.0. The Bertz CT molecular complexity index is 629. The van der Waals surface area contributed by atoms with Crippen LogP contribution in [-0.4, -0.2) is 37.9 Å². The summed E-state index contributed by atoms with van der Waals surface area (Å²) in [4.78, 5) is 23.7. The lowest BCUT2D eigenvalue weighted by atomic mass is 9.96. The summed E-state index contributed by atoms with van der Waals surface area (Å²) in [5, 5.41) is 8.60. The monoisotopic (exact) mass is 361 g/mol. The highest BCUT2D eigenvalue weighted by molar-refractivity contribution is 5.78. The van der Waals surface area contributed by atoms with Crippen LogP contribution in [0, 0.1) is 0 Å². The molecular weight excluding hydrogens is 334 g/mol. The van der Waals surface area contributed by atoms with Gasteiger partial charge in [0.1, 0.15) is 0 Å². The van der Waals surface area contributed by atoms with Gasteiger partial charge in [-0.25, -0.2) is 4.79 Å². The molecule has 142 valence electrons. The zero-order chi connectivity index (χ0) is 18.2. The van der Waals surface area contributed by atoms with Crippen LogP contribution in [0.15, 0.2) is 18.2 Å². The molecule has 0 atom stereocenters. The number of hydrogen-bond donors (Lipinski definition) is 3. The Hall–Kier alpha value is -2.44. The molecule has 1 aliphatic heterocycles. The Morgan fingerprint density at radius 1 is 1.00 bits per heavy atom. The summed E-state index contributed by atoms with van der Waals surface area (Å²) in [6.07, 6.45) is 6.71. The van der Waals surface area contributed by atoms with Crippen molar-refractivity contribution in [2.75, 3.05) is 19.9 Å². The number of benzene rings is 1. The average Bonchev–Trinajstić information content (AvgIpc) is 3.10. The predicted octanol–water partition coefficient (Wildman–Crippen LogP) is 2.10. The third kappa shape index (κ3) is 5.54. The molecule has 1 heterocycles. The highest BCUT2D eigenvalue weighted by atomic mass is 16.7. The maximum Gasteiger partial charge on any atom is 0.315 e. The Morgan fingerprint density at radius 3 is 2.65 bits per heavy atom. The fraction of sp³-hybridized carbons (Fsp3) is 0.579. The van der Waals surface area contributed by atoms with Crippen molar-refractivity contribution in [3.05, 3.63) is 23.8 Å². The Morgan fingerprint density at radius 2 is 1.81 bits per heavy atom. The third-order valence-electron chi connectivity index (χ3n) is 4.75. The molecular formula is C19H27N3O4. The van der Waals surface area contributed by atoms with Crippen LogP contribution < -0.4 is 25.4 Å². The van der Waals surface area contributed by atoms with Crippen molar-refractivity contribution in [2.45, 2.75) is 51.0 Å². The second-order valence-corrected chi connectivity index (χ2v) is 6.77. The number of rotatable bonds is 7. The summed E-state index contributed by atoms with van der Waals surface area (Å²) in [6.45, 7) is 1.15. The molecule has 3 N–H and O–H groups in total. The number of carbonyl (C=O) groups is 2. The van der Waals surface area contributed by atoms with Crippen molar-refractivity contribution >= 4 is 11.9 Å². The lowest BCUT2D eigenvalue weighted by molar-refractivity contribution is -0.120. The first-order chi connectivity index (χ1) is 12.7. The molecule has 0 radical (unpaired) electrons. The van der Waals surface area contributed by atoms with E-state index in [-0.39, 0.29) is 31.2 Å². The minimum absolute atomic E-state index is 0.0660. The molecule has 1 fully saturated rings. The number of hydrogen-bond acceptors (Lipinski definition) is 4. The molecule has 0 saturated heterocycles. The summed E-state index contributed by atoms with van der Waals surface area (Å²) in [5.74, 6) is 1.45. The molecule has 0 bridgehead atoms. The zero-order valence-electron chi connectivity index (χ0n) is 15.0. The lowest BCUT2D eigenvalue weighted by Gasteiger charge is -2.22. The standard InChI is InChI=1S/C19H27N3O4/c23-18(9-11-21-19(24)22-15-4-2-1-3-5-15)20-10-8-14-6-7-16-17(12-14)26-13-25-16/h6-7,12,15H,1-5,8-11,13H2,(H,20,23)(H2,21,22,24). The van der Waals surface area contributed by atoms with E-state index in [0.29, 0.717) is 13.1 Å². The van der Waals surface area contributed by atoms with Crippen LogP contribution in [0.3, 0.4) is 0 Å². The molecule has 2 aliphatic rings. The van der Waals surface area contributed by atoms with Crippen LogP contribution >= 0.6 is 0 Å². The second-order valence-electron chi connectivity index (χ2n) is 6.77. The van der Waals surface area contributed by atoms with Crippen LogP contribution in [0.25, 0.3) is 0 Å². The molecule has 1 aromatic rings. The van der Waals surface area contributed by atoms with Gasteiger partial charge in [-0.2, -0.15) is 0 Å². The van der Waals surface area contributed by atoms with Gasteiger partial charge in [0, 0.05) is 25.6 Å². The van der Waals surface area contributed by atoms with E-state index in [1.807, 2.05) is 18.2 Å². The predicted molar refractivity (Wildman–Crippen MR) is 97.3 cm³/mol. The van der Waals surface area contributed by atoms with Crippen LogP contribution in [0.4, 0.5) is 4.79 Å². The number of nitrogens with one attached hydrogen (secondary N) is 3. The Balaban J connectivity index is 1.26. The summed E-state index contributed by atoms with van der Waals surface area (Å²) in [5.41, 5.74) is 1.08. The lowest BCUT2D eigenvalue weighted by Crippen LogP contribution is -2.43. The molecule has 0 spiro atoms. The van der Waals surface area contributed by atoms with E-state index in [4.69, 9.17) is 9.47 Å². The van der Waals surface area contributed by atoms with E-state index >= 15 is 0 Å². The second kappa shape index (κ2) is 9.31. The first-order valence-corrected chi connectivity index (χ1v) is 9.40. The van der Waals surface area contributed by atoms with E-state index in [0.717, 1.165) is 36.3 Å². The van der Waals surface area contributed by atoms with Crippen molar-refractivity contribution in [2.24, 2.45) is 0 Å². The largest absolute Gasteiger partial charge is 0.454 e. The smallest absolute Gasteiger partial charge is 0.315 e. The molecule has 1 saturated carbocycles. The molecule has 7 nitrogen and oxygen atoms in total. The van der Waals surface area contributed by atoms with E-state index in [9.17, 15) is 9.59 Å². The summed E-state index contributed by atoms with van der Waals surface area (Å²) in [7, 11) is 0. The quantitative estimate of drug-likeness (QED) is 0.694. The van der Waals surface area contributed by atoms with Crippen molar-refractivity contribution in [3.8, 4) is 11.5 Å². The maximum absolute atomic E-state index is 11.9. The minimum Gasteiger partial charge on any atom is -0.454 e. The van der Waals surface area contributed by atoms with E-state index in [1.165, 1.54) is 19.3 Å². The van der Waals surface area contributed by atoms with Crippen molar-refractivity contribution in [1.82, 2.24) is 16.0 Å². The first kappa shape index (κ1) is 18.4. The fourth-order valence-electron chi connectivity index (χ4n) is 3.30. The Kier molecular flexibility index (Phi) is 6.57. The normalized spacial score (nSPS) is 16.2. The van der Waals surface area contributed by atoms with Gasteiger partial charge in [0.05, 0.1) is 0 Å². The third-order valence-corrected chi connectivity index (χ3v) is 4.75. The SMILES string of the molecule is O=C(CCNC(=O)NC1CCCCC1)NCCc1ccc2c(c1)OCO2. The van der Waals surface area contributed by atoms with Crippen molar-refractivity contribution < 1.29 is 19.1 Å². The Labute approximate surface area is 153 Å². The first-order valence-electron chi connectivity index (χ1n) is 9.40. The van der Waals surface area contributed by atoms with Crippen molar-refractivity contribution in [3.63, 3.8) is 0 Å². The number of fused-ring (bicyclic) bond motifs is 1. The highest BCUT2D eigenvalue weighted by Gasteiger charge is 2.15. The van der Waals surface area contributed by atoms with Gasteiger partial charge < -0.3 is 25.4 Å². The summed E-state index contributed by atoms with van der Waals surface area (Å²) >= 11 is 0. The number of amides is 3. The molecule has 0 aromatic heterocycles. The summed E-state index contributed by atoms with van der Waals surface area (Å²) < 4.78 is 10.6. The van der Waals surface area contributed by atoms with Crippen LogP contribution in [0.1, 0.15) is 44.1 Å². The minimum atomic E-state index is -0.176. The van der Waals surface area contributed by atoms with Gasteiger partial charge >= 0.3 is 6.03 Å². The van der Waals surface area contributed by atoms with E-state index in [2.05, 4.69) is 16.0 Å². The van der Waals surface area contributed by atoms with Gasteiger partial charge in [0.25, 0.3) is 0 Å². The summed E-state index contributed by atoms with van der Waals surface area (Å²) in [6, 6.07) is 5.89. The molecule has 0 unspecified atom stereocenters. The van der Waals surface area contributed by atoms with E-state index in [1.54, 1.807) is 0 Å². The van der Waals surface area contributed by atoms with Gasteiger partial charge in [-0.05, 0) is 37.0 Å². The topological polar surface area (TPSA) is 88.7 Å². The molecule has 3 amide bonds. The number of urea groups is 1. The number of ether oxygens (including phenoxy) is 2. The van der Waals surface area contributed by atoms with Gasteiger partial charge in [-0.15, -0.1) is 0 Å². The molecule has 3 rings (SSSR count). The molecule has 1 aliphatic carbocycles. The number of carbonyl (C=O) groups excluding carboxylic acids is 2. The molecule has 7 heteroatoms. The van der Waals surface area contributed by atoms with Crippen LogP contribution in [0.2, 0.25) is 0 Å². The molecule has 1 aromatic carbocycles. The fourth-order valence-corrected chi connectivity index (χ4v) is 3.30. The van der Waals surface area contributed by atoms with Gasteiger partial charge in [0.15, 0.2) is 11.5 Å². The molecule has 26 heavy (non-hydrogen) atoms. The van der Waals surface area contributed by atoms with E-state index < -0.39 is 0 Å². The van der Waals surface area contributed by atoms with Gasteiger partial charge in [-0.1, -0.05) is 25.3 Å². The highest BCUT2D eigenvalue weighted by Crippen LogP contribution is 2.32. The van der Waals surface area contributed by atoms with Gasteiger partial charge in [-0.3, -0.25) is 4.79 Å². The van der Waals surface area contributed by atoms with Gasteiger partial charge in [0.2, 0.25) is 12.7 Å².